The lowest BCUT2D eigenvalue weighted by Crippen LogP contribution is -2.71. The van der Waals surface area contributed by atoms with Gasteiger partial charge in [-0.3, -0.25) is 14.6 Å². The van der Waals surface area contributed by atoms with Gasteiger partial charge in [0.05, 0.1) is 0 Å². The number of Topliss-reactive ketones (excluding diaryl/α,β-unsaturated/α-hetero) is 1. The first-order chi connectivity index (χ1) is 10.6. The van der Waals surface area contributed by atoms with E-state index in [0.29, 0.717) is 6.42 Å². The van der Waals surface area contributed by atoms with Gasteiger partial charge in [-0.05, 0) is 25.2 Å². The van der Waals surface area contributed by atoms with Crippen LogP contribution in [0, 0.1) is 5.92 Å². The molecule has 0 bridgehead atoms. The zero-order valence-electron chi connectivity index (χ0n) is 14.5. The average molecular weight is 327 g/mol. The lowest BCUT2D eigenvalue weighted by molar-refractivity contribution is -0.160. The number of ketones is 1. The summed E-state index contributed by atoms with van der Waals surface area (Å²) < 4.78 is 0. The van der Waals surface area contributed by atoms with Crippen LogP contribution in [-0.4, -0.2) is 38.9 Å². The van der Waals surface area contributed by atoms with Gasteiger partial charge in [0.2, 0.25) is 5.91 Å². The second-order valence-electron chi connectivity index (χ2n) is 6.04. The Balaban J connectivity index is 6.24. The summed E-state index contributed by atoms with van der Waals surface area (Å²) in [5.41, 5.74) is 2.21. The molecule has 0 aromatic rings. The van der Waals surface area contributed by atoms with Crippen LogP contribution >= 0.6 is 0 Å². The smallest absolute Gasteiger partial charge is 0.331 e. The lowest BCUT2D eigenvalue weighted by atomic mass is 9.70. The third-order valence-corrected chi connectivity index (χ3v) is 4.31. The summed E-state index contributed by atoms with van der Waals surface area (Å²) >= 11 is 0. The fourth-order valence-corrected chi connectivity index (χ4v) is 2.65. The van der Waals surface area contributed by atoms with Crippen molar-refractivity contribution in [2.45, 2.75) is 64.5 Å². The molecule has 7 heteroatoms. The number of amides is 1. The van der Waals surface area contributed by atoms with Crippen molar-refractivity contribution in [3.63, 3.8) is 0 Å². The molecule has 0 saturated carbocycles. The number of rotatable bonds is 10. The van der Waals surface area contributed by atoms with Gasteiger partial charge in [-0.2, -0.15) is 0 Å². The highest BCUT2D eigenvalue weighted by atomic mass is 16.4. The van der Waals surface area contributed by atoms with Crippen LogP contribution < -0.4 is 11.6 Å². The number of nitrogens with two attached hydrogens (primary N) is 2. The largest absolute Gasteiger partial charge is 0.480 e. The molecule has 2 atom stereocenters. The van der Waals surface area contributed by atoms with Crippen molar-refractivity contribution in [3.05, 3.63) is 12.7 Å². The van der Waals surface area contributed by atoms with Gasteiger partial charge in [-0.25, -0.2) is 10.6 Å². The Morgan fingerprint density at radius 2 is 1.83 bits per heavy atom. The molecule has 0 aliphatic rings. The van der Waals surface area contributed by atoms with E-state index in [0.717, 1.165) is 5.01 Å². The van der Waals surface area contributed by atoms with E-state index in [4.69, 9.17) is 11.6 Å². The molecule has 0 aromatic carbocycles. The van der Waals surface area contributed by atoms with Crippen molar-refractivity contribution in [1.82, 2.24) is 5.01 Å². The van der Waals surface area contributed by atoms with Crippen LogP contribution in [0.1, 0.15) is 53.4 Å². The lowest BCUT2D eigenvalue weighted by Gasteiger charge is -2.45. The molecule has 0 spiro atoms. The maximum atomic E-state index is 13.1. The van der Waals surface area contributed by atoms with Gasteiger partial charge in [0.15, 0.2) is 11.3 Å². The molecule has 132 valence electrons. The molecular weight excluding hydrogens is 298 g/mol. The Kier molecular flexibility index (Phi) is 7.60. The first-order valence-corrected chi connectivity index (χ1v) is 7.81. The summed E-state index contributed by atoms with van der Waals surface area (Å²) in [5.74, 6) is 2.91. The molecule has 0 fully saturated rings. The number of carboxylic acids is 1. The highest BCUT2D eigenvalue weighted by Crippen LogP contribution is 2.33. The monoisotopic (exact) mass is 327 g/mol. The van der Waals surface area contributed by atoms with Crippen molar-refractivity contribution >= 4 is 17.7 Å². The average Bonchev–Trinajstić information content (AvgIpc) is 2.49. The van der Waals surface area contributed by atoms with Crippen LogP contribution in [-0.2, 0) is 14.4 Å². The van der Waals surface area contributed by atoms with Gasteiger partial charge in [0.1, 0.15) is 5.54 Å². The highest BCUT2D eigenvalue weighted by Gasteiger charge is 2.56. The number of carbonyl (C=O) groups excluding carboxylic acids is 2. The van der Waals surface area contributed by atoms with E-state index >= 15 is 0 Å². The number of aliphatic carboxylic acids is 1. The second-order valence-corrected chi connectivity index (χ2v) is 6.04. The number of hydrogen-bond acceptors (Lipinski definition) is 5. The van der Waals surface area contributed by atoms with Crippen LogP contribution in [0.4, 0.5) is 0 Å². The van der Waals surface area contributed by atoms with E-state index in [1.54, 1.807) is 13.8 Å². The van der Waals surface area contributed by atoms with Crippen molar-refractivity contribution in [3.8, 4) is 0 Å². The molecule has 23 heavy (non-hydrogen) atoms. The first kappa shape index (κ1) is 21.3. The summed E-state index contributed by atoms with van der Waals surface area (Å²) in [6.07, 6.45) is 2.09. The molecular formula is C16H29N3O4. The maximum Gasteiger partial charge on any atom is 0.331 e. The third kappa shape index (κ3) is 3.79. The Morgan fingerprint density at radius 1 is 1.30 bits per heavy atom. The van der Waals surface area contributed by atoms with E-state index in [1.165, 1.54) is 13.0 Å². The Bertz CT molecular complexity index is 478. The predicted octanol–water partition coefficient (Wildman–Crippen LogP) is 1.22. The van der Waals surface area contributed by atoms with E-state index < -0.39 is 34.7 Å². The molecule has 5 N–H and O–H groups in total. The molecule has 0 saturated heterocycles. The van der Waals surface area contributed by atoms with Crippen molar-refractivity contribution in [2.24, 2.45) is 17.5 Å². The quantitative estimate of drug-likeness (QED) is 0.182. The summed E-state index contributed by atoms with van der Waals surface area (Å²) in [6, 6.07) is 0. The van der Waals surface area contributed by atoms with Crippen LogP contribution in [0.3, 0.4) is 0 Å². The van der Waals surface area contributed by atoms with Crippen molar-refractivity contribution in [1.29, 1.82) is 0 Å². The number of nitrogens with zero attached hydrogens (tertiary/aromatic N) is 1. The third-order valence-electron chi connectivity index (χ3n) is 4.31. The van der Waals surface area contributed by atoms with Gasteiger partial charge in [-0.1, -0.05) is 33.8 Å². The molecule has 0 heterocycles. The Morgan fingerprint density at radius 3 is 2.13 bits per heavy atom. The molecule has 0 aliphatic heterocycles. The van der Waals surface area contributed by atoms with Crippen LogP contribution in [0.25, 0.3) is 0 Å². The van der Waals surface area contributed by atoms with Gasteiger partial charge in [0.25, 0.3) is 0 Å². The number of hydrazine groups is 1. The summed E-state index contributed by atoms with van der Waals surface area (Å²) in [6.45, 7) is 10.4. The highest BCUT2D eigenvalue weighted by molar-refractivity contribution is 6.12. The van der Waals surface area contributed by atoms with Crippen LogP contribution in [0.15, 0.2) is 12.7 Å². The zero-order chi connectivity index (χ0) is 18.4. The van der Waals surface area contributed by atoms with E-state index in [2.05, 4.69) is 6.58 Å². The van der Waals surface area contributed by atoms with Gasteiger partial charge < -0.3 is 10.8 Å². The van der Waals surface area contributed by atoms with E-state index in [9.17, 15) is 19.5 Å². The Hall–Kier alpha value is -1.73. The molecule has 0 aromatic heterocycles. The molecule has 1 unspecified atom stereocenters. The minimum atomic E-state index is -2.11. The van der Waals surface area contributed by atoms with Gasteiger partial charge in [-0.15, -0.1) is 6.58 Å². The second kappa shape index (κ2) is 8.21. The zero-order valence-corrected chi connectivity index (χ0v) is 14.5. The minimum Gasteiger partial charge on any atom is -0.480 e. The summed E-state index contributed by atoms with van der Waals surface area (Å²) in [4.78, 5) is 37.0. The normalized spacial score (nSPS) is 16.3. The fourth-order valence-electron chi connectivity index (χ4n) is 2.65. The van der Waals surface area contributed by atoms with Gasteiger partial charge >= 0.3 is 5.97 Å². The van der Waals surface area contributed by atoms with E-state index in [-0.39, 0.29) is 19.3 Å². The molecule has 0 rings (SSSR count). The van der Waals surface area contributed by atoms with Gasteiger partial charge in [0, 0.05) is 6.42 Å². The van der Waals surface area contributed by atoms with Crippen molar-refractivity contribution < 1.29 is 19.5 Å². The number of carbonyl (C=O) groups is 3. The summed E-state index contributed by atoms with van der Waals surface area (Å²) in [7, 11) is 0. The Labute approximate surface area is 137 Å². The predicted molar refractivity (Wildman–Crippen MR) is 88.2 cm³/mol. The van der Waals surface area contributed by atoms with E-state index in [1.807, 2.05) is 6.92 Å². The van der Waals surface area contributed by atoms with Crippen molar-refractivity contribution in [2.75, 3.05) is 0 Å². The SMILES string of the molecule is C=CC[C@@](C(=O)C(N)(CC)C(=O)O)(C(C)C)N(N)C(=O)CCC. The number of carboxylic acid groups (broad SMARTS) is 1. The molecule has 0 radical (unpaired) electrons. The topological polar surface area (TPSA) is 127 Å². The number of hydrogen-bond donors (Lipinski definition) is 3. The van der Waals surface area contributed by atoms with Crippen LogP contribution in [0.5, 0.6) is 0 Å². The standard InChI is InChI=1S/C16H29N3O4/c1-6-9-12(20)19(18)16(10-7-2,11(4)5)13(21)15(17,8-3)14(22)23/h7,11H,2,6,8-10,17-18H2,1,3-5H3,(H,22,23)/t15?,16-/m0/s1. The van der Waals surface area contributed by atoms with Crippen LogP contribution in [0.2, 0.25) is 0 Å². The molecule has 0 aliphatic carbocycles. The maximum absolute atomic E-state index is 13.1. The summed E-state index contributed by atoms with van der Waals surface area (Å²) in [5, 5.41) is 10.3. The minimum absolute atomic E-state index is 0.0294. The first-order valence-electron chi connectivity index (χ1n) is 7.81. The fraction of sp³-hybridized carbons (Fsp3) is 0.688. The molecule has 7 nitrogen and oxygen atoms in total. The molecule has 1 amide bonds.